The molecule has 0 amide bonds. The zero-order chi connectivity index (χ0) is 12.6. The molecule has 0 radical (unpaired) electrons. The number of aromatic nitrogens is 2. The number of rotatable bonds is 2. The van der Waals surface area contributed by atoms with Crippen LogP contribution >= 0.6 is 0 Å². The number of carbonyl (C=O) groups is 1. The van der Waals surface area contributed by atoms with Gasteiger partial charge in [0.05, 0.1) is 12.7 Å². The molecular formula is C8H10N2O6S. The van der Waals surface area contributed by atoms with Gasteiger partial charge in [0.15, 0.2) is 11.0 Å². The molecule has 0 bridgehead atoms. The van der Waals surface area contributed by atoms with Crippen LogP contribution in [0.1, 0.15) is 6.92 Å². The second-order valence-electron chi connectivity index (χ2n) is 3.51. The molecule has 1 N–H and O–H groups in total. The number of hydrogen-bond donors (Lipinski definition) is 1. The molecular weight excluding hydrogens is 252 g/mol. The lowest BCUT2D eigenvalue weighted by Crippen LogP contribution is -2.34. The Bertz CT molecular complexity index is 548. The van der Waals surface area contributed by atoms with Crippen LogP contribution in [-0.4, -0.2) is 41.4 Å². The van der Waals surface area contributed by atoms with Crippen molar-refractivity contribution in [3.05, 3.63) is 6.20 Å². The van der Waals surface area contributed by atoms with E-state index < -0.39 is 27.1 Å². The van der Waals surface area contributed by atoms with Crippen LogP contribution in [-0.2, 0) is 26.2 Å². The van der Waals surface area contributed by atoms with E-state index in [1.807, 2.05) is 0 Å². The van der Waals surface area contributed by atoms with Gasteiger partial charge >= 0.3 is 16.1 Å². The van der Waals surface area contributed by atoms with Crippen LogP contribution < -0.4 is 4.74 Å². The predicted molar refractivity (Wildman–Crippen MR) is 53.1 cm³/mol. The highest BCUT2D eigenvalue weighted by atomic mass is 32.2. The van der Waals surface area contributed by atoms with Crippen molar-refractivity contribution in [3.8, 4) is 5.88 Å². The molecule has 8 nitrogen and oxygen atoms in total. The Labute approximate surface area is 96.9 Å². The van der Waals surface area contributed by atoms with Gasteiger partial charge in [0.25, 0.3) is 0 Å². The summed E-state index contributed by atoms with van der Waals surface area (Å²) < 4.78 is 42.1. The fourth-order valence-corrected chi connectivity index (χ4v) is 2.10. The van der Waals surface area contributed by atoms with Crippen LogP contribution in [0.4, 0.5) is 0 Å². The summed E-state index contributed by atoms with van der Waals surface area (Å²) in [5.41, 5.74) is 0. The van der Waals surface area contributed by atoms with Gasteiger partial charge in [-0.25, -0.2) is 4.68 Å². The molecule has 0 saturated heterocycles. The summed E-state index contributed by atoms with van der Waals surface area (Å²) in [6.45, 7) is 1.47. The highest BCUT2D eigenvalue weighted by Crippen LogP contribution is 2.26. The smallest absolute Gasteiger partial charge is 0.303 e. The molecule has 9 heteroatoms. The van der Waals surface area contributed by atoms with Gasteiger partial charge in [0.1, 0.15) is 6.61 Å². The Morgan fingerprint density at radius 3 is 3.00 bits per heavy atom. The predicted octanol–water partition coefficient (Wildman–Crippen LogP) is -0.546. The maximum atomic E-state index is 11.0. The van der Waals surface area contributed by atoms with Crippen molar-refractivity contribution in [2.24, 2.45) is 0 Å². The molecule has 1 aromatic heterocycles. The summed E-state index contributed by atoms with van der Waals surface area (Å²) in [4.78, 5) is 10.4. The fraction of sp³-hybridized carbons (Fsp3) is 0.500. The maximum absolute atomic E-state index is 11.0. The van der Waals surface area contributed by atoms with Gasteiger partial charge in [-0.3, -0.25) is 9.35 Å². The van der Waals surface area contributed by atoms with Crippen LogP contribution in [0.25, 0.3) is 0 Å². The minimum atomic E-state index is -4.36. The molecule has 17 heavy (non-hydrogen) atoms. The van der Waals surface area contributed by atoms with E-state index >= 15 is 0 Å². The van der Waals surface area contributed by atoms with E-state index in [9.17, 15) is 13.2 Å². The molecule has 1 atom stereocenters. The third kappa shape index (κ3) is 2.39. The topological polar surface area (TPSA) is 108 Å². The Balaban J connectivity index is 2.25. The van der Waals surface area contributed by atoms with Crippen LogP contribution in [0.15, 0.2) is 11.1 Å². The van der Waals surface area contributed by atoms with E-state index in [4.69, 9.17) is 14.0 Å². The van der Waals surface area contributed by atoms with Crippen molar-refractivity contribution in [1.29, 1.82) is 0 Å². The monoisotopic (exact) mass is 262 g/mol. The van der Waals surface area contributed by atoms with Crippen LogP contribution in [0, 0.1) is 0 Å². The minimum Gasteiger partial charge on any atom is -0.473 e. The summed E-state index contributed by atoms with van der Waals surface area (Å²) in [7, 11) is -4.36. The fourth-order valence-electron chi connectivity index (χ4n) is 1.53. The standard InChI is InChI=1S/C8H10N2O6S/c1-5(11)16-6-3-10-8(15-4-6)7(2-9-10)17(12,13)14/h2,6H,3-4H2,1H3,(H,12,13,14)/t6-/m1/s1. The third-order valence-corrected chi connectivity index (χ3v) is 2.99. The van der Waals surface area contributed by atoms with E-state index in [0.717, 1.165) is 6.20 Å². The highest BCUT2D eigenvalue weighted by Gasteiger charge is 2.29. The van der Waals surface area contributed by atoms with Gasteiger partial charge in [-0.05, 0) is 0 Å². The summed E-state index contributed by atoms with van der Waals surface area (Å²) in [6, 6.07) is 0. The number of ether oxygens (including phenoxy) is 2. The highest BCUT2D eigenvalue weighted by molar-refractivity contribution is 7.86. The average Bonchev–Trinajstić information content (AvgIpc) is 2.58. The lowest BCUT2D eigenvalue weighted by atomic mass is 10.3. The first kappa shape index (κ1) is 11.9. The van der Waals surface area contributed by atoms with Crippen LogP contribution in [0.3, 0.4) is 0 Å². The Morgan fingerprint density at radius 2 is 2.41 bits per heavy atom. The molecule has 0 spiro atoms. The zero-order valence-corrected chi connectivity index (χ0v) is 9.68. The number of hydrogen-bond acceptors (Lipinski definition) is 6. The quantitative estimate of drug-likeness (QED) is 0.563. The van der Waals surface area contributed by atoms with Gasteiger partial charge in [-0.2, -0.15) is 13.5 Å². The van der Waals surface area contributed by atoms with Crippen molar-refractivity contribution in [1.82, 2.24) is 9.78 Å². The second-order valence-corrected chi connectivity index (χ2v) is 4.90. The molecule has 1 aromatic rings. The lowest BCUT2D eigenvalue weighted by Gasteiger charge is -2.23. The van der Waals surface area contributed by atoms with Crippen LogP contribution in [0.5, 0.6) is 5.88 Å². The van der Waals surface area contributed by atoms with Gasteiger partial charge in [0, 0.05) is 6.92 Å². The van der Waals surface area contributed by atoms with Crippen molar-refractivity contribution in [2.45, 2.75) is 24.5 Å². The SMILES string of the molecule is CC(=O)O[C@H]1COc2c(S(=O)(=O)O)cnn2C1. The molecule has 0 fully saturated rings. The van der Waals surface area contributed by atoms with Gasteiger partial charge < -0.3 is 9.47 Å². The summed E-state index contributed by atoms with van der Waals surface area (Å²) in [5.74, 6) is -0.500. The molecule has 1 aliphatic heterocycles. The second kappa shape index (κ2) is 4.00. The Hall–Kier alpha value is -1.61. The maximum Gasteiger partial charge on any atom is 0.303 e. The first-order chi connectivity index (χ1) is 7.88. The largest absolute Gasteiger partial charge is 0.473 e. The van der Waals surface area contributed by atoms with Crippen molar-refractivity contribution >= 4 is 16.1 Å². The van der Waals surface area contributed by atoms with Gasteiger partial charge in [-0.15, -0.1) is 0 Å². The zero-order valence-electron chi connectivity index (χ0n) is 8.86. The van der Waals surface area contributed by atoms with Crippen LogP contribution in [0.2, 0.25) is 0 Å². The summed E-state index contributed by atoms with van der Waals surface area (Å²) in [5, 5.41) is 3.74. The number of fused-ring (bicyclic) bond motifs is 1. The first-order valence-electron chi connectivity index (χ1n) is 4.71. The third-order valence-electron chi connectivity index (χ3n) is 2.15. The van der Waals surface area contributed by atoms with Crippen molar-refractivity contribution in [2.75, 3.05) is 6.61 Å². The number of esters is 1. The molecule has 1 aliphatic rings. The van der Waals surface area contributed by atoms with Gasteiger partial charge in [0.2, 0.25) is 5.88 Å². The Kier molecular flexibility index (Phi) is 2.79. The van der Waals surface area contributed by atoms with E-state index in [-0.39, 0.29) is 19.0 Å². The number of nitrogens with zero attached hydrogens (tertiary/aromatic N) is 2. The van der Waals surface area contributed by atoms with Gasteiger partial charge in [-0.1, -0.05) is 0 Å². The van der Waals surface area contributed by atoms with E-state index in [2.05, 4.69) is 5.10 Å². The lowest BCUT2D eigenvalue weighted by molar-refractivity contribution is -0.150. The van der Waals surface area contributed by atoms with Crippen molar-refractivity contribution < 1.29 is 27.2 Å². The first-order valence-corrected chi connectivity index (χ1v) is 6.15. The molecule has 0 aliphatic carbocycles. The van der Waals surface area contributed by atoms with E-state index in [1.54, 1.807) is 0 Å². The normalized spacial score (nSPS) is 19.3. The summed E-state index contributed by atoms with van der Waals surface area (Å²) >= 11 is 0. The molecule has 2 rings (SSSR count). The average molecular weight is 262 g/mol. The Morgan fingerprint density at radius 1 is 1.71 bits per heavy atom. The molecule has 94 valence electrons. The van der Waals surface area contributed by atoms with E-state index in [1.165, 1.54) is 11.6 Å². The van der Waals surface area contributed by atoms with E-state index in [0.29, 0.717) is 0 Å². The minimum absolute atomic E-state index is 0.0216. The van der Waals surface area contributed by atoms with Crippen molar-refractivity contribution in [3.63, 3.8) is 0 Å². The summed E-state index contributed by atoms with van der Waals surface area (Å²) in [6.07, 6.45) is 0.468. The molecule has 2 heterocycles. The molecule has 0 unspecified atom stereocenters. The number of carbonyl (C=O) groups excluding carboxylic acids is 1. The molecule has 0 aromatic carbocycles. The molecule has 0 saturated carbocycles.